The number of nitrogens with one attached hydrogen (secondary N) is 1. The molecule has 0 bridgehead atoms. The number of benzene rings is 1. The normalized spacial score (nSPS) is 27.7. The van der Waals surface area contributed by atoms with Crippen molar-refractivity contribution in [1.82, 2.24) is 9.62 Å². The molecule has 29 heavy (non-hydrogen) atoms. The molecule has 2 atom stereocenters. The van der Waals surface area contributed by atoms with E-state index in [1.54, 1.807) is 11.8 Å². The van der Waals surface area contributed by atoms with Crippen LogP contribution in [0, 0.1) is 0 Å². The Labute approximate surface area is 173 Å². The summed E-state index contributed by atoms with van der Waals surface area (Å²) in [4.78, 5) is 13.9. The third-order valence-corrected chi connectivity index (χ3v) is 6.59. The van der Waals surface area contributed by atoms with Crippen molar-refractivity contribution in [2.24, 2.45) is 0 Å². The van der Waals surface area contributed by atoms with E-state index in [-0.39, 0.29) is 24.8 Å². The Kier molecular flexibility index (Phi) is 7.54. The second kappa shape index (κ2) is 9.91. The molecule has 1 saturated heterocycles. The molecule has 1 amide bonds. The Morgan fingerprint density at radius 2 is 1.83 bits per heavy atom. The number of ether oxygens (including phenoxy) is 2. The van der Waals surface area contributed by atoms with Gasteiger partial charge in [-0.2, -0.15) is 0 Å². The fraction of sp³-hybridized carbons (Fsp3) is 0.667. The van der Waals surface area contributed by atoms with Gasteiger partial charge in [-0.1, -0.05) is 30.3 Å². The molecule has 1 saturated carbocycles. The van der Waals surface area contributed by atoms with Gasteiger partial charge < -0.3 is 14.4 Å². The molecule has 0 spiro atoms. The van der Waals surface area contributed by atoms with Gasteiger partial charge in [0.2, 0.25) is 10.0 Å². The Morgan fingerprint density at radius 1 is 1.14 bits per heavy atom. The average molecular weight is 425 g/mol. The van der Waals surface area contributed by atoms with Crippen LogP contribution in [-0.2, 0) is 19.5 Å². The first kappa shape index (κ1) is 22.1. The molecular formula is C21H32N2O5S. The molecule has 1 aliphatic carbocycles. The van der Waals surface area contributed by atoms with Gasteiger partial charge in [-0.15, -0.1) is 0 Å². The van der Waals surface area contributed by atoms with Crippen LogP contribution in [0.15, 0.2) is 30.3 Å². The molecule has 2 aliphatic rings. The minimum Gasteiger partial charge on any atom is -0.450 e. The maximum Gasteiger partial charge on any atom is 0.410 e. The first-order valence-corrected chi connectivity index (χ1v) is 12.3. The second-order valence-electron chi connectivity index (χ2n) is 7.96. The van der Waals surface area contributed by atoms with Crippen molar-refractivity contribution >= 4 is 16.1 Å². The topological polar surface area (TPSA) is 84.9 Å². The molecule has 0 radical (unpaired) electrons. The highest BCUT2D eigenvalue weighted by molar-refractivity contribution is 7.88. The number of likely N-dealkylation sites (tertiary alicyclic amines) is 1. The van der Waals surface area contributed by atoms with Gasteiger partial charge in [0, 0.05) is 12.6 Å². The summed E-state index contributed by atoms with van der Waals surface area (Å²) in [7, 11) is -3.37. The van der Waals surface area contributed by atoms with Gasteiger partial charge in [-0.05, 0) is 50.5 Å². The summed E-state index contributed by atoms with van der Waals surface area (Å²) in [6.07, 6.45) is 5.51. The van der Waals surface area contributed by atoms with Crippen LogP contribution in [0.3, 0.4) is 0 Å². The van der Waals surface area contributed by atoms with E-state index in [0.29, 0.717) is 25.5 Å². The van der Waals surface area contributed by atoms with Crippen LogP contribution in [0.25, 0.3) is 0 Å². The predicted molar refractivity (Wildman–Crippen MR) is 111 cm³/mol. The van der Waals surface area contributed by atoms with Gasteiger partial charge in [-0.25, -0.2) is 17.9 Å². The van der Waals surface area contributed by atoms with Crippen molar-refractivity contribution < 1.29 is 22.7 Å². The molecule has 2 fully saturated rings. The monoisotopic (exact) mass is 424 g/mol. The van der Waals surface area contributed by atoms with Crippen LogP contribution in [0.4, 0.5) is 4.79 Å². The van der Waals surface area contributed by atoms with Gasteiger partial charge in [0.25, 0.3) is 0 Å². The van der Waals surface area contributed by atoms with Crippen LogP contribution >= 0.6 is 0 Å². The first-order valence-electron chi connectivity index (χ1n) is 10.4. The average Bonchev–Trinajstić information content (AvgIpc) is 3.08. The SMILES string of the molecule is CCOC(=O)N1CC[C@H](NS(C)(=O)=O)C1COC1CCC(c2ccccc2)CC1. The fourth-order valence-electron chi connectivity index (χ4n) is 4.43. The molecule has 1 aromatic rings. The van der Waals surface area contributed by atoms with Crippen LogP contribution in [0.1, 0.15) is 50.5 Å². The number of nitrogens with zero attached hydrogens (tertiary/aromatic N) is 1. The number of carbonyl (C=O) groups excluding carboxylic acids is 1. The maximum atomic E-state index is 12.3. The largest absolute Gasteiger partial charge is 0.450 e. The van der Waals surface area contributed by atoms with Crippen molar-refractivity contribution in [2.75, 3.05) is 26.0 Å². The fourth-order valence-corrected chi connectivity index (χ4v) is 5.25. The van der Waals surface area contributed by atoms with E-state index in [9.17, 15) is 13.2 Å². The standard InChI is InChI=1S/C21H32N2O5S/c1-3-27-21(24)23-14-13-19(22-29(2,25)26)20(23)15-28-18-11-9-17(10-12-18)16-7-5-4-6-8-16/h4-8,17-20,22H,3,9-15H2,1-2H3/t17?,18?,19-,20?/m0/s1. The predicted octanol–water partition coefficient (Wildman–Crippen LogP) is 2.88. The van der Waals surface area contributed by atoms with E-state index < -0.39 is 16.1 Å². The molecular weight excluding hydrogens is 392 g/mol. The highest BCUT2D eigenvalue weighted by atomic mass is 32.2. The van der Waals surface area contributed by atoms with Crippen molar-refractivity contribution in [3.8, 4) is 0 Å². The Balaban J connectivity index is 1.56. The van der Waals surface area contributed by atoms with Gasteiger partial charge in [0.15, 0.2) is 0 Å². The number of amides is 1. The zero-order chi connectivity index (χ0) is 20.9. The van der Waals surface area contributed by atoms with Crippen molar-refractivity contribution in [2.45, 2.75) is 63.1 Å². The number of rotatable bonds is 7. The maximum absolute atomic E-state index is 12.3. The van der Waals surface area contributed by atoms with Crippen LogP contribution in [-0.4, -0.2) is 63.6 Å². The van der Waals surface area contributed by atoms with E-state index >= 15 is 0 Å². The first-order chi connectivity index (χ1) is 13.9. The van der Waals surface area contributed by atoms with E-state index in [1.165, 1.54) is 5.56 Å². The Bertz CT molecular complexity index is 763. The van der Waals surface area contributed by atoms with E-state index in [0.717, 1.165) is 31.9 Å². The minimum atomic E-state index is -3.37. The molecule has 7 nitrogen and oxygen atoms in total. The van der Waals surface area contributed by atoms with Crippen molar-refractivity contribution in [1.29, 1.82) is 0 Å². The molecule has 3 rings (SSSR count). The molecule has 162 valence electrons. The summed E-state index contributed by atoms with van der Waals surface area (Å²) in [5.41, 5.74) is 1.38. The zero-order valence-corrected chi connectivity index (χ0v) is 18.1. The lowest BCUT2D eigenvalue weighted by Crippen LogP contribution is -2.49. The van der Waals surface area contributed by atoms with Crippen LogP contribution < -0.4 is 4.72 Å². The third-order valence-electron chi connectivity index (χ3n) is 5.86. The summed E-state index contributed by atoms with van der Waals surface area (Å²) in [5, 5.41) is 0. The second-order valence-corrected chi connectivity index (χ2v) is 9.74. The molecule has 0 aromatic heterocycles. The summed E-state index contributed by atoms with van der Waals surface area (Å²) in [6.45, 7) is 2.82. The summed E-state index contributed by atoms with van der Waals surface area (Å²) in [6, 6.07) is 9.86. The Morgan fingerprint density at radius 3 is 2.45 bits per heavy atom. The molecule has 1 unspecified atom stereocenters. The van der Waals surface area contributed by atoms with E-state index in [2.05, 4.69) is 29.0 Å². The Hall–Kier alpha value is -1.64. The number of carbonyl (C=O) groups is 1. The van der Waals surface area contributed by atoms with Gasteiger partial charge in [0.1, 0.15) is 0 Å². The summed E-state index contributed by atoms with van der Waals surface area (Å²) in [5.74, 6) is 0.568. The van der Waals surface area contributed by atoms with Crippen LogP contribution in [0.2, 0.25) is 0 Å². The summed E-state index contributed by atoms with van der Waals surface area (Å²) >= 11 is 0. The van der Waals surface area contributed by atoms with Gasteiger partial charge in [-0.3, -0.25) is 0 Å². The minimum absolute atomic E-state index is 0.137. The van der Waals surface area contributed by atoms with Crippen molar-refractivity contribution in [3.63, 3.8) is 0 Å². The quantitative estimate of drug-likeness (QED) is 0.728. The third kappa shape index (κ3) is 6.17. The van der Waals surface area contributed by atoms with Crippen molar-refractivity contribution in [3.05, 3.63) is 35.9 Å². The molecule has 1 aliphatic heterocycles. The number of sulfonamides is 1. The summed E-state index contributed by atoms with van der Waals surface area (Å²) < 4.78 is 37.4. The lowest BCUT2D eigenvalue weighted by Gasteiger charge is -2.32. The van der Waals surface area contributed by atoms with Crippen LogP contribution in [0.5, 0.6) is 0 Å². The lowest BCUT2D eigenvalue weighted by molar-refractivity contribution is -0.00654. The smallest absolute Gasteiger partial charge is 0.410 e. The number of hydrogen-bond donors (Lipinski definition) is 1. The van der Waals surface area contributed by atoms with E-state index in [4.69, 9.17) is 9.47 Å². The highest BCUT2D eigenvalue weighted by Crippen LogP contribution is 2.34. The highest BCUT2D eigenvalue weighted by Gasteiger charge is 2.40. The molecule has 1 N–H and O–H groups in total. The zero-order valence-electron chi connectivity index (χ0n) is 17.2. The van der Waals surface area contributed by atoms with Gasteiger partial charge >= 0.3 is 6.09 Å². The number of hydrogen-bond acceptors (Lipinski definition) is 5. The molecule has 1 aromatic carbocycles. The molecule has 1 heterocycles. The van der Waals surface area contributed by atoms with Gasteiger partial charge in [0.05, 0.1) is 31.6 Å². The van der Waals surface area contributed by atoms with E-state index in [1.807, 2.05) is 6.07 Å². The molecule has 8 heteroatoms. The lowest BCUT2D eigenvalue weighted by atomic mass is 9.83.